The molecule has 1 unspecified atom stereocenters. The summed E-state index contributed by atoms with van der Waals surface area (Å²) in [5.74, 6) is 0.0502. The number of carbonyl (C=O) groups excluding carboxylic acids is 1. The van der Waals surface area contributed by atoms with E-state index in [1.165, 1.54) is 0 Å². The van der Waals surface area contributed by atoms with Crippen LogP contribution in [-0.4, -0.2) is 29.4 Å². The fourth-order valence-electron chi connectivity index (χ4n) is 3.97. The zero-order chi connectivity index (χ0) is 22.3. The molecule has 1 aromatic carbocycles. The van der Waals surface area contributed by atoms with Crippen LogP contribution in [0.25, 0.3) is 0 Å². The highest BCUT2D eigenvalue weighted by Gasteiger charge is 2.41. The SMILES string of the molecule is C=C(/C=C\C)NC(C)=NC(c1ccc(C(=O)NCCC(=O)O)cc1)C1CC(C)(C)C1. The van der Waals surface area contributed by atoms with Crippen LogP contribution >= 0.6 is 0 Å². The quantitative estimate of drug-likeness (QED) is 0.318. The number of nitrogens with one attached hydrogen (secondary N) is 2. The molecular weight excluding hydrogens is 378 g/mol. The summed E-state index contributed by atoms with van der Waals surface area (Å²) in [5.41, 5.74) is 2.70. The summed E-state index contributed by atoms with van der Waals surface area (Å²) < 4.78 is 0. The fraction of sp³-hybridized carbons (Fsp3) is 0.458. The molecule has 1 saturated carbocycles. The smallest absolute Gasteiger partial charge is 0.305 e. The number of carboxylic acid groups (broad SMARTS) is 1. The Morgan fingerprint density at radius 2 is 1.93 bits per heavy atom. The lowest BCUT2D eigenvalue weighted by Crippen LogP contribution is -2.35. The van der Waals surface area contributed by atoms with E-state index in [1.807, 2.05) is 38.1 Å². The highest BCUT2D eigenvalue weighted by molar-refractivity contribution is 5.94. The van der Waals surface area contributed by atoms with Crippen LogP contribution in [0.5, 0.6) is 0 Å². The molecule has 1 amide bonds. The van der Waals surface area contributed by atoms with Gasteiger partial charge in [0.1, 0.15) is 0 Å². The molecule has 1 atom stereocenters. The Morgan fingerprint density at radius 1 is 1.30 bits per heavy atom. The molecule has 30 heavy (non-hydrogen) atoms. The summed E-state index contributed by atoms with van der Waals surface area (Å²) in [4.78, 5) is 27.7. The van der Waals surface area contributed by atoms with Crippen LogP contribution < -0.4 is 10.6 Å². The zero-order valence-corrected chi connectivity index (χ0v) is 18.4. The van der Waals surface area contributed by atoms with Gasteiger partial charge in [-0.3, -0.25) is 14.6 Å². The molecule has 0 aliphatic heterocycles. The maximum atomic E-state index is 12.2. The molecule has 0 aromatic heterocycles. The third kappa shape index (κ3) is 6.87. The van der Waals surface area contributed by atoms with Gasteiger partial charge in [0.15, 0.2) is 0 Å². The van der Waals surface area contributed by atoms with Crippen LogP contribution in [-0.2, 0) is 4.79 Å². The van der Waals surface area contributed by atoms with E-state index in [0.717, 1.165) is 29.9 Å². The van der Waals surface area contributed by atoms with E-state index < -0.39 is 5.97 Å². The molecule has 162 valence electrons. The molecule has 1 fully saturated rings. The van der Waals surface area contributed by atoms with Crippen molar-refractivity contribution in [3.05, 3.63) is 59.8 Å². The van der Waals surface area contributed by atoms with Gasteiger partial charge in [0.05, 0.1) is 18.3 Å². The Kier molecular flexibility index (Phi) is 7.98. The first-order valence-corrected chi connectivity index (χ1v) is 10.3. The third-order valence-electron chi connectivity index (χ3n) is 5.26. The van der Waals surface area contributed by atoms with Gasteiger partial charge in [0, 0.05) is 17.8 Å². The molecule has 1 aliphatic rings. The second-order valence-corrected chi connectivity index (χ2v) is 8.66. The van der Waals surface area contributed by atoms with E-state index in [-0.39, 0.29) is 24.9 Å². The zero-order valence-electron chi connectivity index (χ0n) is 18.4. The standard InChI is InChI=1S/C24H33N3O3/c1-6-7-16(2)26-17(3)27-22(20-14-24(4,5)15-20)18-8-10-19(11-9-18)23(30)25-13-12-21(28)29/h6-11,20,22H,2,12-15H2,1,3-5H3,(H,25,30)(H,26,27)(H,28,29)/b7-6-. The summed E-state index contributed by atoms with van der Waals surface area (Å²) in [6.07, 6.45) is 5.93. The lowest BCUT2D eigenvalue weighted by molar-refractivity contribution is -0.136. The summed E-state index contributed by atoms with van der Waals surface area (Å²) in [6, 6.07) is 7.45. The molecule has 6 nitrogen and oxygen atoms in total. The Labute approximate surface area is 179 Å². The molecule has 0 radical (unpaired) electrons. The number of amidine groups is 1. The minimum atomic E-state index is -0.934. The Balaban J connectivity index is 2.15. The molecule has 1 aliphatic carbocycles. The molecule has 0 saturated heterocycles. The van der Waals surface area contributed by atoms with Gasteiger partial charge in [0.2, 0.25) is 0 Å². The first kappa shape index (κ1) is 23.4. The van der Waals surface area contributed by atoms with Crippen LogP contribution in [0.15, 0.2) is 53.7 Å². The minimum absolute atomic E-state index is 0.00746. The number of hydrogen-bond donors (Lipinski definition) is 3. The number of aliphatic imine (C=N–C) groups is 1. The summed E-state index contributed by atoms with van der Waals surface area (Å²) >= 11 is 0. The van der Waals surface area contributed by atoms with Crippen LogP contribution in [0.1, 0.15) is 68.9 Å². The Bertz CT molecular complexity index is 830. The van der Waals surface area contributed by atoms with Crippen molar-refractivity contribution in [1.29, 1.82) is 0 Å². The number of carboxylic acids is 1. The molecule has 0 bridgehead atoms. The molecule has 2 rings (SSSR count). The molecule has 0 spiro atoms. The molecular formula is C24H33N3O3. The van der Waals surface area contributed by atoms with Gasteiger partial charge in [-0.15, -0.1) is 0 Å². The Morgan fingerprint density at radius 3 is 2.47 bits per heavy atom. The number of nitrogens with zero attached hydrogens (tertiary/aromatic N) is 1. The number of benzene rings is 1. The van der Waals surface area contributed by atoms with Crippen molar-refractivity contribution in [3.8, 4) is 0 Å². The second kappa shape index (κ2) is 10.2. The number of amides is 1. The predicted octanol–water partition coefficient (Wildman–Crippen LogP) is 4.47. The molecule has 0 heterocycles. The van der Waals surface area contributed by atoms with Crippen LogP contribution in [0.4, 0.5) is 0 Å². The average Bonchev–Trinajstić information content (AvgIpc) is 2.64. The fourth-order valence-corrected chi connectivity index (χ4v) is 3.97. The van der Waals surface area contributed by atoms with Crippen molar-refractivity contribution >= 4 is 17.7 Å². The number of hydrogen-bond acceptors (Lipinski definition) is 3. The van der Waals surface area contributed by atoms with E-state index in [4.69, 9.17) is 10.1 Å². The van der Waals surface area contributed by atoms with Gasteiger partial charge < -0.3 is 15.7 Å². The van der Waals surface area contributed by atoms with Crippen LogP contribution in [0, 0.1) is 11.3 Å². The number of allylic oxidation sites excluding steroid dienone is 2. The van der Waals surface area contributed by atoms with Crippen molar-refractivity contribution in [2.45, 2.75) is 53.0 Å². The summed E-state index contributed by atoms with van der Waals surface area (Å²) in [6.45, 7) is 12.5. The maximum Gasteiger partial charge on any atom is 0.305 e. The maximum absolute atomic E-state index is 12.2. The molecule has 3 N–H and O–H groups in total. The highest BCUT2D eigenvalue weighted by atomic mass is 16.4. The summed E-state index contributed by atoms with van der Waals surface area (Å²) in [5, 5.41) is 14.5. The molecule has 1 aromatic rings. The van der Waals surface area contributed by atoms with E-state index in [0.29, 0.717) is 16.9 Å². The van der Waals surface area contributed by atoms with Crippen molar-refractivity contribution in [3.63, 3.8) is 0 Å². The highest BCUT2D eigenvalue weighted by Crippen LogP contribution is 2.51. The van der Waals surface area contributed by atoms with Crippen molar-refractivity contribution in [1.82, 2.24) is 10.6 Å². The van der Waals surface area contributed by atoms with Gasteiger partial charge in [-0.25, -0.2) is 0 Å². The van der Waals surface area contributed by atoms with E-state index in [9.17, 15) is 9.59 Å². The normalized spacial score (nSPS) is 17.3. The van der Waals surface area contributed by atoms with Gasteiger partial charge in [-0.2, -0.15) is 0 Å². The number of carbonyl (C=O) groups is 2. The molecule has 6 heteroatoms. The van der Waals surface area contributed by atoms with Crippen molar-refractivity contribution < 1.29 is 14.7 Å². The lowest BCUT2D eigenvalue weighted by Gasteiger charge is -2.45. The average molecular weight is 412 g/mol. The second-order valence-electron chi connectivity index (χ2n) is 8.66. The topological polar surface area (TPSA) is 90.8 Å². The lowest BCUT2D eigenvalue weighted by atomic mass is 9.61. The monoisotopic (exact) mass is 411 g/mol. The number of aliphatic carboxylic acids is 1. The first-order valence-electron chi connectivity index (χ1n) is 10.3. The van der Waals surface area contributed by atoms with Gasteiger partial charge in [-0.1, -0.05) is 38.6 Å². The van der Waals surface area contributed by atoms with Gasteiger partial charge in [-0.05, 0) is 61.8 Å². The Hall–Kier alpha value is -2.89. The van der Waals surface area contributed by atoms with E-state index >= 15 is 0 Å². The van der Waals surface area contributed by atoms with E-state index in [1.54, 1.807) is 12.1 Å². The van der Waals surface area contributed by atoms with Gasteiger partial charge in [0.25, 0.3) is 5.91 Å². The van der Waals surface area contributed by atoms with E-state index in [2.05, 4.69) is 31.1 Å². The third-order valence-corrected chi connectivity index (χ3v) is 5.26. The first-order chi connectivity index (χ1) is 14.1. The minimum Gasteiger partial charge on any atom is -0.481 e. The van der Waals surface area contributed by atoms with Crippen LogP contribution in [0.3, 0.4) is 0 Å². The van der Waals surface area contributed by atoms with Gasteiger partial charge >= 0.3 is 5.97 Å². The largest absolute Gasteiger partial charge is 0.481 e. The van der Waals surface area contributed by atoms with Crippen LogP contribution in [0.2, 0.25) is 0 Å². The summed E-state index contributed by atoms with van der Waals surface area (Å²) in [7, 11) is 0. The van der Waals surface area contributed by atoms with Crippen molar-refractivity contribution in [2.75, 3.05) is 6.54 Å². The van der Waals surface area contributed by atoms with Crippen molar-refractivity contribution in [2.24, 2.45) is 16.3 Å². The number of rotatable bonds is 9. The predicted molar refractivity (Wildman–Crippen MR) is 120 cm³/mol.